The van der Waals surface area contributed by atoms with Crippen LogP contribution in [0.4, 0.5) is 5.69 Å². The minimum Gasteiger partial charge on any atom is -0.351 e. The van der Waals surface area contributed by atoms with Crippen molar-refractivity contribution in [3.63, 3.8) is 0 Å². The molecule has 11 heteroatoms. The zero-order valence-corrected chi connectivity index (χ0v) is 21.7. The van der Waals surface area contributed by atoms with E-state index >= 15 is 0 Å². The lowest BCUT2D eigenvalue weighted by molar-refractivity contribution is 0.0945. The van der Waals surface area contributed by atoms with Crippen molar-refractivity contribution < 1.29 is 9.59 Å². The SMILES string of the molecule is Cc1ncc(C(=O)NCCN2CCCCC2)cc1NC(=O)c1cnn2cc(-c3cnn4c3CCC4)sc12. The first-order valence-electron chi connectivity index (χ1n) is 12.9. The van der Waals surface area contributed by atoms with Crippen LogP contribution in [-0.2, 0) is 13.0 Å². The number of aryl methyl sites for hydroxylation is 2. The topological polar surface area (TPSA) is 109 Å². The Labute approximate surface area is 218 Å². The fraction of sp³-hybridized carbons (Fsp3) is 0.423. The summed E-state index contributed by atoms with van der Waals surface area (Å²) in [5.41, 5.74) is 4.41. The van der Waals surface area contributed by atoms with Gasteiger partial charge in [-0.3, -0.25) is 19.3 Å². The van der Waals surface area contributed by atoms with Gasteiger partial charge in [0.25, 0.3) is 11.8 Å². The largest absolute Gasteiger partial charge is 0.351 e. The van der Waals surface area contributed by atoms with Crippen molar-refractivity contribution in [3.8, 4) is 10.4 Å². The van der Waals surface area contributed by atoms with Crippen LogP contribution < -0.4 is 10.6 Å². The molecule has 2 N–H and O–H groups in total. The molecular formula is C26H30N8O2S. The molecule has 6 rings (SSSR count). The van der Waals surface area contributed by atoms with Crippen LogP contribution in [-0.4, -0.2) is 67.3 Å². The molecule has 0 aliphatic carbocycles. The quantitative estimate of drug-likeness (QED) is 0.388. The van der Waals surface area contributed by atoms with Gasteiger partial charge in [-0.15, -0.1) is 11.3 Å². The summed E-state index contributed by atoms with van der Waals surface area (Å²) in [4.78, 5) is 34.5. The standard InChI is InChI=1S/C26H30N8O2S/c1-17-21(12-18(13-28-17)24(35)27-7-11-32-8-3-2-4-9-32)31-25(36)20-15-30-34-16-23(37-26(20)34)19-14-29-33-10-5-6-22(19)33/h12-16H,2-11H2,1H3,(H,27,35)(H,31,36). The fourth-order valence-electron chi connectivity index (χ4n) is 5.12. The zero-order chi connectivity index (χ0) is 25.4. The predicted octanol–water partition coefficient (Wildman–Crippen LogP) is 3.38. The molecule has 0 unspecified atom stereocenters. The van der Waals surface area contributed by atoms with E-state index < -0.39 is 0 Å². The van der Waals surface area contributed by atoms with E-state index in [4.69, 9.17) is 0 Å². The molecule has 0 bridgehead atoms. The summed E-state index contributed by atoms with van der Waals surface area (Å²) in [6.07, 6.45) is 12.8. The number of fused-ring (bicyclic) bond motifs is 2. The molecule has 1 fully saturated rings. The number of pyridine rings is 1. The number of carbonyl (C=O) groups is 2. The van der Waals surface area contributed by atoms with Crippen LogP contribution in [0.15, 0.2) is 30.9 Å². The summed E-state index contributed by atoms with van der Waals surface area (Å²) in [6, 6.07) is 1.69. The Balaban J connectivity index is 1.15. The third-order valence-corrected chi connectivity index (χ3v) is 8.34. The second kappa shape index (κ2) is 10.1. The van der Waals surface area contributed by atoms with Crippen LogP contribution in [0.25, 0.3) is 15.3 Å². The molecule has 192 valence electrons. The summed E-state index contributed by atoms with van der Waals surface area (Å²) in [5.74, 6) is -0.472. The summed E-state index contributed by atoms with van der Waals surface area (Å²) in [7, 11) is 0. The minimum atomic E-state index is -0.281. The van der Waals surface area contributed by atoms with E-state index in [1.54, 1.807) is 23.0 Å². The zero-order valence-electron chi connectivity index (χ0n) is 20.9. The van der Waals surface area contributed by atoms with E-state index in [0.29, 0.717) is 29.1 Å². The number of likely N-dealkylation sites (tertiary alicyclic amines) is 1. The third kappa shape index (κ3) is 4.76. The first-order chi connectivity index (χ1) is 18.1. The average Bonchev–Trinajstić information content (AvgIpc) is 3.67. The number of hydrogen-bond acceptors (Lipinski definition) is 7. The Morgan fingerprint density at radius 2 is 1.89 bits per heavy atom. The van der Waals surface area contributed by atoms with Gasteiger partial charge in [0.15, 0.2) is 0 Å². The van der Waals surface area contributed by atoms with E-state index in [1.165, 1.54) is 36.3 Å². The molecule has 37 heavy (non-hydrogen) atoms. The number of anilines is 1. The van der Waals surface area contributed by atoms with Crippen molar-refractivity contribution in [2.75, 3.05) is 31.5 Å². The van der Waals surface area contributed by atoms with E-state index in [1.807, 2.05) is 19.3 Å². The normalized spacial score (nSPS) is 15.7. The lowest BCUT2D eigenvalue weighted by Crippen LogP contribution is -2.37. The maximum Gasteiger partial charge on any atom is 0.260 e. The highest BCUT2D eigenvalue weighted by Crippen LogP contribution is 2.35. The number of aromatic nitrogens is 5. The van der Waals surface area contributed by atoms with Crippen molar-refractivity contribution >= 4 is 33.7 Å². The van der Waals surface area contributed by atoms with Crippen molar-refractivity contribution in [1.29, 1.82) is 0 Å². The predicted molar refractivity (Wildman–Crippen MR) is 142 cm³/mol. The van der Waals surface area contributed by atoms with Gasteiger partial charge in [0.05, 0.1) is 39.8 Å². The first kappa shape index (κ1) is 23.8. The molecule has 0 spiro atoms. The number of thiazole rings is 1. The highest BCUT2D eigenvalue weighted by atomic mass is 32.1. The molecular weight excluding hydrogens is 488 g/mol. The molecule has 0 atom stereocenters. The van der Waals surface area contributed by atoms with E-state index in [0.717, 1.165) is 54.3 Å². The highest BCUT2D eigenvalue weighted by Gasteiger charge is 2.22. The number of carbonyl (C=O) groups excluding carboxylic acids is 2. The Morgan fingerprint density at radius 3 is 2.76 bits per heavy atom. The molecule has 0 saturated carbocycles. The summed E-state index contributed by atoms with van der Waals surface area (Å²) < 4.78 is 3.79. The molecule has 2 aliphatic rings. The number of rotatable bonds is 7. The van der Waals surface area contributed by atoms with Crippen LogP contribution >= 0.6 is 11.3 Å². The first-order valence-corrected chi connectivity index (χ1v) is 13.7. The Kier molecular flexibility index (Phi) is 6.47. The van der Waals surface area contributed by atoms with Gasteiger partial charge in [-0.05, 0) is 51.8 Å². The maximum atomic E-state index is 13.2. The summed E-state index contributed by atoms with van der Waals surface area (Å²) >= 11 is 1.53. The van der Waals surface area contributed by atoms with Crippen molar-refractivity contribution in [1.82, 2.24) is 34.6 Å². The number of amides is 2. The molecule has 6 heterocycles. The van der Waals surface area contributed by atoms with Gasteiger partial charge in [0.2, 0.25) is 0 Å². The second-order valence-electron chi connectivity index (χ2n) is 9.70. The Morgan fingerprint density at radius 1 is 1.03 bits per heavy atom. The van der Waals surface area contributed by atoms with E-state index in [-0.39, 0.29) is 11.8 Å². The van der Waals surface area contributed by atoms with E-state index in [2.05, 4.69) is 35.4 Å². The minimum absolute atomic E-state index is 0.190. The van der Waals surface area contributed by atoms with Crippen LogP contribution in [0, 0.1) is 6.92 Å². The van der Waals surface area contributed by atoms with Crippen LogP contribution in [0.1, 0.15) is 57.8 Å². The van der Waals surface area contributed by atoms with Gasteiger partial charge >= 0.3 is 0 Å². The van der Waals surface area contributed by atoms with Gasteiger partial charge in [-0.25, -0.2) is 4.52 Å². The smallest absolute Gasteiger partial charge is 0.260 e. The van der Waals surface area contributed by atoms with Crippen LogP contribution in [0.3, 0.4) is 0 Å². The highest BCUT2D eigenvalue weighted by molar-refractivity contribution is 7.21. The van der Waals surface area contributed by atoms with Gasteiger partial charge in [0, 0.05) is 43.3 Å². The lowest BCUT2D eigenvalue weighted by atomic mass is 10.1. The van der Waals surface area contributed by atoms with Gasteiger partial charge < -0.3 is 15.5 Å². The molecule has 0 radical (unpaired) electrons. The molecule has 4 aromatic heterocycles. The van der Waals surface area contributed by atoms with E-state index in [9.17, 15) is 9.59 Å². The number of piperidine rings is 1. The Bertz CT molecular complexity index is 1460. The van der Waals surface area contributed by atoms with Gasteiger partial charge in [0.1, 0.15) is 4.83 Å². The van der Waals surface area contributed by atoms with Crippen molar-refractivity contribution in [2.24, 2.45) is 0 Å². The monoisotopic (exact) mass is 518 g/mol. The van der Waals surface area contributed by atoms with Crippen molar-refractivity contribution in [3.05, 3.63) is 53.4 Å². The van der Waals surface area contributed by atoms with Gasteiger partial charge in [-0.2, -0.15) is 10.2 Å². The molecule has 4 aromatic rings. The number of hydrogen-bond donors (Lipinski definition) is 2. The second-order valence-corrected chi connectivity index (χ2v) is 10.7. The Hall–Kier alpha value is -3.57. The average molecular weight is 519 g/mol. The lowest BCUT2D eigenvalue weighted by Gasteiger charge is -2.26. The third-order valence-electron chi connectivity index (χ3n) is 7.20. The maximum absolute atomic E-state index is 13.2. The van der Waals surface area contributed by atoms with Crippen molar-refractivity contribution in [2.45, 2.75) is 45.6 Å². The molecule has 10 nitrogen and oxygen atoms in total. The van der Waals surface area contributed by atoms with Gasteiger partial charge in [-0.1, -0.05) is 6.42 Å². The molecule has 1 saturated heterocycles. The summed E-state index contributed by atoms with van der Waals surface area (Å²) in [5, 5.41) is 14.8. The fourth-order valence-corrected chi connectivity index (χ4v) is 6.21. The molecule has 2 amide bonds. The molecule has 2 aliphatic heterocycles. The van der Waals surface area contributed by atoms with Crippen LogP contribution in [0.5, 0.6) is 0 Å². The summed E-state index contributed by atoms with van der Waals surface area (Å²) in [6.45, 7) is 6.38. The number of nitrogens with one attached hydrogen (secondary N) is 2. The van der Waals surface area contributed by atoms with Crippen LogP contribution in [0.2, 0.25) is 0 Å². The molecule has 0 aromatic carbocycles. The number of nitrogens with zero attached hydrogens (tertiary/aromatic N) is 6.